The molecule has 1 aliphatic rings. The average molecular weight is 346 g/mol. The fourth-order valence-electron chi connectivity index (χ4n) is 2.92. The van der Waals surface area contributed by atoms with E-state index in [1.54, 1.807) is 12.1 Å². The number of likely N-dealkylation sites (tertiary alicyclic amines) is 1. The maximum atomic E-state index is 10.9. The van der Waals surface area contributed by atoms with Gasteiger partial charge in [-0.15, -0.1) is 0 Å². The van der Waals surface area contributed by atoms with Gasteiger partial charge in [0, 0.05) is 19.6 Å². The van der Waals surface area contributed by atoms with Crippen LogP contribution in [0.25, 0.3) is 0 Å². The predicted octanol–water partition coefficient (Wildman–Crippen LogP) is 4.08. The SMILES string of the molecule is O=C(O)c1ccc(CN2CCC(Oc3ccccc3Cl)CC2)cc1. The molecule has 0 spiro atoms. The first kappa shape index (κ1) is 16.8. The van der Waals surface area contributed by atoms with Gasteiger partial charge in [-0.05, 0) is 42.7 Å². The van der Waals surface area contributed by atoms with E-state index in [9.17, 15) is 4.79 Å². The number of hydrogen-bond donors (Lipinski definition) is 1. The highest BCUT2D eigenvalue weighted by Crippen LogP contribution is 2.27. The van der Waals surface area contributed by atoms with E-state index < -0.39 is 5.97 Å². The zero-order valence-corrected chi connectivity index (χ0v) is 14.1. The van der Waals surface area contributed by atoms with Crippen LogP contribution in [0.4, 0.5) is 0 Å². The first-order chi connectivity index (χ1) is 11.6. The number of piperidine rings is 1. The Morgan fingerprint density at radius 1 is 1.12 bits per heavy atom. The summed E-state index contributed by atoms with van der Waals surface area (Å²) in [6.07, 6.45) is 2.10. The van der Waals surface area contributed by atoms with E-state index in [0.717, 1.165) is 43.8 Å². The van der Waals surface area contributed by atoms with Crippen LogP contribution in [0.15, 0.2) is 48.5 Å². The van der Waals surface area contributed by atoms with Crippen LogP contribution in [0.2, 0.25) is 5.02 Å². The van der Waals surface area contributed by atoms with E-state index in [1.807, 2.05) is 36.4 Å². The second kappa shape index (κ2) is 7.69. The molecule has 2 aromatic rings. The Balaban J connectivity index is 1.50. The molecule has 3 rings (SSSR count). The lowest BCUT2D eigenvalue weighted by Gasteiger charge is -2.32. The van der Waals surface area contributed by atoms with Crippen molar-refractivity contribution in [3.8, 4) is 5.75 Å². The zero-order valence-electron chi connectivity index (χ0n) is 13.3. The minimum atomic E-state index is -0.890. The molecule has 2 aromatic carbocycles. The summed E-state index contributed by atoms with van der Waals surface area (Å²) in [6, 6.07) is 14.7. The minimum Gasteiger partial charge on any atom is -0.489 e. The highest BCUT2D eigenvalue weighted by Gasteiger charge is 2.21. The van der Waals surface area contributed by atoms with Crippen LogP contribution in [0.5, 0.6) is 5.75 Å². The van der Waals surface area contributed by atoms with E-state index in [1.165, 1.54) is 0 Å². The molecule has 1 saturated heterocycles. The van der Waals surface area contributed by atoms with Crippen molar-refractivity contribution >= 4 is 17.6 Å². The normalized spacial score (nSPS) is 16.0. The summed E-state index contributed by atoms with van der Waals surface area (Å²) >= 11 is 6.14. The van der Waals surface area contributed by atoms with Crippen LogP contribution in [-0.4, -0.2) is 35.2 Å². The first-order valence-corrected chi connectivity index (χ1v) is 8.45. The minimum absolute atomic E-state index is 0.190. The van der Waals surface area contributed by atoms with Crippen molar-refractivity contribution < 1.29 is 14.6 Å². The highest BCUT2D eigenvalue weighted by atomic mass is 35.5. The van der Waals surface area contributed by atoms with E-state index in [0.29, 0.717) is 10.6 Å². The number of carboxylic acid groups (broad SMARTS) is 1. The van der Waals surface area contributed by atoms with Crippen molar-refractivity contribution in [3.05, 3.63) is 64.7 Å². The molecule has 4 nitrogen and oxygen atoms in total. The maximum absolute atomic E-state index is 10.9. The second-order valence-corrected chi connectivity index (χ2v) is 6.43. The second-order valence-electron chi connectivity index (χ2n) is 6.03. The summed E-state index contributed by atoms with van der Waals surface area (Å²) in [4.78, 5) is 13.2. The van der Waals surface area contributed by atoms with Crippen molar-refractivity contribution in [1.82, 2.24) is 4.90 Å². The summed E-state index contributed by atoms with van der Waals surface area (Å²) in [5.41, 5.74) is 1.45. The number of ether oxygens (including phenoxy) is 1. The number of rotatable bonds is 5. The van der Waals surface area contributed by atoms with Gasteiger partial charge in [0.1, 0.15) is 11.9 Å². The van der Waals surface area contributed by atoms with E-state index in [2.05, 4.69) is 4.90 Å². The highest BCUT2D eigenvalue weighted by molar-refractivity contribution is 6.32. The van der Waals surface area contributed by atoms with Gasteiger partial charge in [0.15, 0.2) is 0 Å². The molecule has 126 valence electrons. The largest absolute Gasteiger partial charge is 0.489 e. The molecule has 0 radical (unpaired) electrons. The van der Waals surface area contributed by atoms with Crippen molar-refractivity contribution in [3.63, 3.8) is 0 Å². The molecule has 1 heterocycles. The van der Waals surface area contributed by atoms with Crippen molar-refractivity contribution in [2.75, 3.05) is 13.1 Å². The maximum Gasteiger partial charge on any atom is 0.335 e. The lowest BCUT2D eigenvalue weighted by molar-refractivity contribution is 0.0696. The van der Waals surface area contributed by atoms with Crippen LogP contribution in [0, 0.1) is 0 Å². The molecular weight excluding hydrogens is 326 g/mol. The number of hydrogen-bond acceptors (Lipinski definition) is 3. The Bertz CT molecular complexity index is 694. The molecule has 0 atom stereocenters. The van der Waals surface area contributed by atoms with Crippen molar-refractivity contribution in [2.45, 2.75) is 25.5 Å². The van der Waals surface area contributed by atoms with Gasteiger partial charge in [0.05, 0.1) is 10.6 Å². The number of aromatic carboxylic acids is 1. The number of para-hydroxylation sites is 1. The molecule has 0 amide bonds. The monoisotopic (exact) mass is 345 g/mol. The molecule has 0 saturated carbocycles. The average Bonchev–Trinajstić information content (AvgIpc) is 2.59. The van der Waals surface area contributed by atoms with E-state index in [4.69, 9.17) is 21.4 Å². The van der Waals surface area contributed by atoms with Gasteiger partial charge in [-0.2, -0.15) is 0 Å². The number of nitrogens with zero attached hydrogens (tertiary/aromatic N) is 1. The van der Waals surface area contributed by atoms with E-state index >= 15 is 0 Å². The third-order valence-corrected chi connectivity index (χ3v) is 4.58. The molecule has 1 N–H and O–H groups in total. The fraction of sp³-hybridized carbons (Fsp3) is 0.316. The van der Waals surface area contributed by atoms with Crippen LogP contribution in [0.3, 0.4) is 0 Å². The summed E-state index contributed by atoms with van der Waals surface area (Å²) in [6.45, 7) is 2.74. The summed E-state index contributed by atoms with van der Waals surface area (Å²) < 4.78 is 6.00. The Labute approximate surface area is 146 Å². The molecule has 1 fully saturated rings. The summed E-state index contributed by atoms with van der Waals surface area (Å²) in [5, 5.41) is 9.58. The van der Waals surface area contributed by atoms with Gasteiger partial charge >= 0.3 is 5.97 Å². The molecule has 0 unspecified atom stereocenters. The molecule has 0 aromatic heterocycles. The first-order valence-electron chi connectivity index (χ1n) is 8.07. The van der Waals surface area contributed by atoms with Gasteiger partial charge < -0.3 is 9.84 Å². The van der Waals surface area contributed by atoms with Gasteiger partial charge in [0.2, 0.25) is 0 Å². The van der Waals surface area contributed by atoms with Crippen LogP contribution in [0.1, 0.15) is 28.8 Å². The van der Waals surface area contributed by atoms with Gasteiger partial charge in [-0.1, -0.05) is 35.9 Å². The lowest BCUT2D eigenvalue weighted by Crippen LogP contribution is -2.37. The molecule has 24 heavy (non-hydrogen) atoms. The third-order valence-electron chi connectivity index (χ3n) is 4.27. The Morgan fingerprint density at radius 3 is 2.42 bits per heavy atom. The fourth-order valence-corrected chi connectivity index (χ4v) is 3.10. The summed E-state index contributed by atoms with van der Waals surface area (Å²) in [7, 11) is 0. The van der Waals surface area contributed by atoms with Gasteiger partial charge in [-0.25, -0.2) is 4.79 Å². The standard InChI is InChI=1S/C19H20ClNO3/c20-17-3-1-2-4-18(17)24-16-9-11-21(12-10-16)13-14-5-7-15(8-6-14)19(22)23/h1-8,16H,9-13H2,(H,22,23). The van der Waals surface area contributed by atoms with Crippen molar-refractivity contribution in [2.24, 2.45) is 0 Å². The number of benzene rings is 2. The number of carboxylic acids is 1. The third kappa shape index (κ3) is 4.28. The Hall–Kier alpha value is -2.04. The van der Waals surface area contributed by atoms with Crippen LogP contribution < -0.4 is 4.74 Å². The van der Waals surface area contributed by atoms with Gasteiger partial charge in [0.25, 0.3) is 0 Å². The predicted molar refractivity (Wildman–Crippen MR) is 93.8 cm³/mol. The molecule has 0 bridgehead atoms. The molecular formula is C19H20ClNO3. The summed E-state index contributed by atoms with van der Waals surface area (Å²) in [5.74, 6) is -0.138. The molecule has 1 aliphatic heterocycles. The number of carbonyl (C=O) groups is 1. The van der Waals surface area contributed by atoms with Crippen LogP contribution >= 0.6 is 11.6 Å². The number of halogens is 1. The molecule has 5 heteroatoms. The molecule has 0 aliphatic carbocycles. The zero-order chi connectivity index (χ0) is 16.9. The van der Waals surface area contributed by atoms with E-state index in [-0.39, 0.29) is 6.10 Å². The quantitative estimate of drug-likeness (QED) is 0.887. The Kier molecular flexibility index (Phi) is 5.38. The smallest absolute Gasteiger partial charge is 0.335 e. The van der Waals surface area contributed by atoms with Gasteiger partial charge in [-0.3, -0.25) is 4.90 Å². The van der Waals surface area contributed by atoms with Crippen molar-refractivity contribution in [1.29, 1.82) is 0 Å². The van der Waals surface area contributed by atoms with Crippen LogP contribution in [-0.2, 0) is 6.54 Å². The topological polar surface area (TPSA) is 49.8 Å². The lowest BCUT2D eigenvalue weighted by atomic mass is 10.1. The Morgan fingerprint density at radius 2 is 1.79 bits per heavy atom.